The highest BCUT2D eigenvalue weighted by Crippen LogP contribution is 2.49. The number of anilines is 1. The van der Waals surface area contributed by atoms with E-state index >= 15 is 0 Å². The first-order chi connectivity index (χ1) is 11.6. The molecule has 5 nitrogen and oxygen atoms in total. The first-order valence-electron chi connectivity index (χ1n) is 8.82. The number of rotatable bonds is 7. The van der Waals surface area contributed by atoms with Gasteiger partial charge >= 0.3 is 5.97 Å². The SMILES string of the molecule is CCOc1ccc(NC(=O)COC(=O)C[C@H]2C[C@H]3CC[C@H]2C3)cc1. The minimum atomic E-state index is -0.319. The lowest BCUT2D eigenvalue weighted by Crippen LogP contribution is -2.23. The maximum atomic E-state index is 11.9. The summed E-state index contributed by atoms with van der Waals surface area (Å²) in [6.45, 7) is 2.29. The molecule has 1 aromatic carbocycles. The maximum Gasteiger partial charge on any atom is 0.306 e. The summed E-state index contributed by atoms with van der Waals surface area (Å²) in [4.78, 5) is 23.8. The molecule has 1 aromatic rings. The zero-order valence-electron chi connectivity index (χ0n) is 14.1. The van der Waals surface area contributed by atoms with E-state index in [-0.39, 0.29) is 18.5 Å². The van der Waals surface area contributed by atoms with E-state index in [9.17, 15) is 9.59 Å². The fourth-order valence-corrected chi connectivity index (χ4v) is 4.04. The van der Waals surface area contributed by atoms with Crippen LogP contribution < -0.4 is 10.1 Å². The second kappa shape index (κ2) is 7.69. The molecule has 3 rings (SSSR count). The third-order valence-electron chi connectivity index (χ3n) is 5.13. The summed E-state index contributed by atoms with van der Waals surface area (Å²) in [5.41, 5.74) is 0.660. The Bertz CT molecular complexity index is 584. The second-order valence-electron chi connectivity index (χ2n) is 6.81. The molecular weight excluding hydrogens is 306 g/mol. The number of ether oxygens (including phenoxy) is 2. The van der Waals surface area contributed by atoms with E-state index in [0.29, 0.717) is 30.6 Å². The van der Waals surface area contributed by atoms with Gasteiger partial charge in [-0.05, 0) is 68.2 Å². The lowest BCUT2D eigenvalue weighted by Gasteiger charge is -2.20. The fourth-order valence-electron chi connectivity index (χ4n) is 4.04. The largest absolute Gasteiger partial charge is 0.494 e. The van der Waals surface area contributed by atoms with Gasteiger partial charge in [-0.3, -0.25) is 9.59 Å². The molecule has 0 aliphatic heterocycles. The standard InChI is InChI=1S/C19H25NO4/c1-2-23-17-7-5-16(6-8-17)20-18(21)12-24-19(22)11-15-10-13-3-4-14(15)9-13/h5-8,13-15H,2-4,9-12H2,1H3,(H,20,21)/t13-,14-,15+/m0/s1. The number of hydrogen-bond acceptors (Lipinski definition) is 4. The molecule has 3 atom stereocenters. The van der Waals surface area contributed by atoms with Gasteiger partial charge in [-0.15, -0.1) is 0 Å². The first-order valence-corrected chi connectivity index (χ1v) is 8.82. The summed E-state index contributed by atoms with van der Waals surface area (Å²) in [6.07, 6.45) is 5.45. The van der Waals surface area contributed by atoms with E-state index in [1.165, 1.54) is 19.3 Å². The predicted molar refractivity (Wildman–Crippen MR) is 90.8 cm³/mol. The van der Waals surface area contributed by atoms with Crippen LogP contribution in [-0.2, 0) is 14.3 Å². The molecule has 130 valence electrons. The smallest absolute Gasteiger partial charge is 0.306 e. The Kier molecular flexibility index (Phi) is 5.38. The topological polar surface area (TPSA) is 64.6 Å². The van der Waals surface area contributed by atoms with Crippen LogP contribution in [0.2, 0.25) is 0 Å². The number of carbonyl (C=O) groups is 2. The molecule has 0 spiro atoms. The van der Waals surface area contributed by atoms with E-state index in [2.05, 4.69) is 5.32 Å². The van der Waals surface area contributed by atoms with E-state index in [0.717, 1.165) is 18.1 Å². The second-order valence-corrected chi connectivity index (χ2v) is 6.81. The van der Waals surface area contributed by atoms with Gasteiger partial charge in [0.1, 0.15) is 5.75 Å². The molecule has 2 aliphatic rings. The van der Waals surface area contributed by atoms with Crippen molar-refractivity contribution in [3.05, 3.63) is 24.3 Å². The van der Waals surface area contributed by atoms with E-state index in [4.69, 9.17) is 9.47 Å². The van der Waals surface area contributed by atoms with E-state index < -0.39 is 0 Å². The third-order valence-corrected chi connectivity index (χ3v) is 5.13. The van der Waals surface area contributed by atoms with Crippen LogP contribution in [0.15, 0.2) is 24.3 Å². The van der Waals surface area contributed by atoms with Gasteiger partial charge in [0.05, 0.1) is 6.61 Å². The van der Waals surface area contributed by atoms with Crippen molar-refractivity contribution in [3.8, 4) is 5.75 Å². The molecule has 2 bridgehead atoms. The van der Waals surface area contributed by atoms with Crippen LogP contribution in [0.3, 0.4) is 0 Å². The van der Waals surface area contributed by atoms with Gasteiger partial charge in [-0.1, -0.05) is 6.42 Å². The van der Waals surface area contributed by atoms with Gasteiger partial charge in [0, 0.05) is 12.1 Å². The first kappa shape index (κ1) is 16.8. The molecule has 0 aromatic heterocycles. The van der Waals surface area contributed by atoms with Crippen molar-refractivity contribution in [3.63, 3.8) is 0 Å². The van der Waals surface area contributed by atoms with Crippen molar-refractivity contribution in [1.82, 2.24) is 0 Å². The highest BCUT2D eigenvalue weighted by molar-refractivity contribution is 5.92. The van der Waals surface area contributed by atoms with Crippen molar-refractivity contribution in [2.75, 3.05) is 18.5 Å². The molecule has 1 N–H and O–H groups in total. The van der Waals surface area contributed by atoms with Crippen molar-refractivity contribution < 1.29 is 19.1 Å². The van der Waals surface area contributed by atoms with Crippen LogP contribution in [0, 0.1) is 17.8 Å². The highest BCUT2D eigenvalue weighted by Gasteiger charge is 2.40. The number of esters is 1. The van der Waals surface area contributed by atoms with Gasteiger partial charge in [0.25, 0.3) is 5.91 Å². The predicted octanol–water partition coefficient (Wildman–Crippen LogP) is 3.39. The van der Waals surface area contributed by atoms with Crippen LogP contribution in [0.5, 0.6) is 5.75 Å². The summed E-state index contributed by atoms with van der Waals surface area (Å²) in [5, 5.41) is 2.72. The fraction of sp³-hybridized carbons (Fsp3) is 0.579. The Morgan fingerprint density at radius 3 is 2.58 bits per heavy atom. The molecule has 2 aliphatic carbocycles. The van der Waals surface area contributed by atoms with Crippen LogP contribution in [0.25, 0.3) is 0 Å². The summed E-state index contributed by atoms with van der Waals surface area (Å²) < 4.78 is 10.5. The van der Waals surface area contributed by atoms with Crippen LogP contribution in [-0.4, -0.2) is 25.1 Å². The van der Waals surface area contributed by atoms with Gasteiger partial charge in [-0.2, -0.15) is 0 Å². The van der Waals surface area contributed by atoms with Gasteiger partial charge < -0.3 is 14.8 Å². The highest BCUT2D eigenvalue weighted by atomic mass is 16.5. The van der Waals surface area contributed by atoms with Gasteiger partial charge in [0.2, 0.25) is 0 Å². The monoisotopic (exact) mass is 331 g/mol. The molecule has 24 heavy (non-hydrogen) atoms. The molecule has 0 radical (unpaired) electrons. The molecule has 0 unspecified atom stereocenters. The number of nitrogens with one attached hydrogen (secondary N) is 1. The molecule has 0 heterocycles. The van der Waals surface area contributed by atoms with Crippen LogP contribution in [0.4, 0.5) is 5.69 Å². The number of amides is 1. The zero-order valence-corrected chi connectivity index (χ0v) is 14.1. The maximum absolute atomic E-state index is 11.9. The lowest BCUT2D eigenvalue weighted by molar-refractivity contribution is -0.148. The average Bonchev–Trinajstić information content (AvgIpc) is 3.18. The molecule has 2 fully saturated rings. The Labute approximate surface area is 142 Å². The molecular formula is C19H25NO4. The number of benzene rings is 1. The van der Waals surface area contributed by atoms with Crippen LogP contribution in [0.1, 0.15) is 39.0 Å². The van der Waals surface area contributed by atoms with E-state index in [1.54, 1.807) is 24.3 Å². The summed E-state index contributed by atoms with van der Waals surface area (Å²) in [7, 11) is 0. The summed E-state index contributed by atoms with van der Waals surface area (Å²) >= 11 is 0. The van der Waals surface area contributed by atoms with Crippen LogP contribution >= 0.6 is 0 Å². The summed E-state index contributed by atoms with van der Waals surface area (Å²) in [5.74, 6) is 2.16. The Morgan fingerprint density at radius 2 is 1.96 bits per heavy atom. The lowest BCUT2D eigenvalue weighted by atomic mass is 9.86. The van der Waals surface area contributed by atoms with Crippen molar-refractivity contribution in [1.29, 1.82) is 0 Å². The average molecular weight is 331 g/mol. The minimum absolute atomic E-state index is 0.229. The quantitative estimate of drug-likeness (QED) is 0.778. The molecule has 2 saturated carbocycles. The molecule has 1 amide bonds. The molecule has 0 saturated heterocycles. The molecule has 5 heteroatoms. The van der Waals surface area contributed by atoms with Crippen molar-refractivity contribution >= 4 is 17.6 Å². The normalized spacial score (nSPS) is 24.6. The van der Waals surface area contributed by atoms with Crippen molar-refractivity contribution in [2.45, 2.75) is 39.0 Å². The number of hydrogen-bond donors (Lipinski definition) is 1. The van der Waals surface area contributed by atoms with Gasteiger partial charge in [0.15, 0.2) is 6.61 Å². The summed E-state index contributed by atoms with van der Waals surface area (Å²) in [6, 6.07) is 7.11. The van der Waals surface area contributed by atoms with Crippen molar-refractivity contribution in [2.24, 2.45) is 17.8 Å². The Morgan fingerprint density at radius 1 is 1.17 bits per heavy atom. The number of fused-ring (bicyclic) bond motifs is 2. The minimum Gasteiger partial charge on any atom is -0.494 e. The van der Waals surface area contributed by atoms with E-state index in [1.807, 2.05) is 6.92 Å². The third kappa shape index (κ3) is 4.28. The number of carbonyl (C=O) groups excluding carboxylic acids is 2. The zero-order chi connectivity index (χ0) is 16.9. The Balaban J connectivity index is 1.38. The Hall–Kier alpha value is -2.04. The van der Waals surface area contributed by atoms with Gasteiger partial charge in [-0.25, -0.2) is 0 Å².